The molecule has 4 nitrogen and oxygen atoms in total. The van der Waals surface area contributed by atoms with Crippen LogP contribution >= 0.6 is 0 Å². The zero-order chi connectivity index (χ0) is 18.1. The highest BCUT2D eigenvalue weighted by Gasteiger charge is 2.53. The van der Waals surface area contributed by atoms with Crippen molar-refractivity contribution < 1.29 is 18.7 Å². The summed E-state index contributed by atoms with van der Waals surface area (Å²) in [6.45, 7) is 10.9. The molecule has 0 spiro atoms. The Kier molecular flexibility index (Phi) is 5.45. The van der Waals surface area contributed by atoms with Crippen LogP contribution in [0.25, 0.3) is 0 Å². The first-order valence-electron chi connectivity index (χ1n) is 8.58. The summed E-state index contributed by atoms with van der Waals surface area (Å²) in [5, 5.41) is 0. The van der Waals surface area contributed by atoms with Gasteiger partial charge in [0.25, 0.3) is 0 Å². The lowest BCUT2D eigenvalue weighted by Crippen LogP contribution is -2.27. The van der Waals surface area contributed by atoms with Crippen LogP contribution in [0.5, 0.6) is 5.75 Å². The first-order chi connectivity index (χ1) is 11.2. The van der Waals surface area contributed by atoms with Crippen molar-refractivity contribution in [3.05, 3.63) is 29.3 Å². The lowest BCUT2D eigenvalue weighted by Gasteiger charge is -2.34. The van der Waals surface area contributed by atoms with Crippen molar-refractivity contribution in [3.8, 4) is 5.75 Å². The third-order valence-electron chi connectivity index (χ3n) is 4.59. The number of ether oxygens (including phenoxy) is 2. The second kappa shape index (κ2) is 6.88. The van der Waals surface area contributed by atoms with Gasteiger partial charge in [0.2, 0.25) is 0 Å². The van der Waals surface area contributed by atoms with E-state index in [9.17, 15) is 4.79 Å². The predicted molar refractivity (Wildman–Crippen MR) is 98.1 cm³/mol. The van der Waals surface area contributed by atoms with E-state index in [-0.39, 0.29) is 17.5 Å². The van der Waals surface area contributed by atoms with Crippen LogP contribution in [0.3, 0.4) is 0 Å². The molecule has 1 aromatic carbocycles. The van der Waals surface area contributed by atoms with E-state index in [1.54, 1.807) is 7.11 Å². The van der Waals surface area contributed by atoms with Crippen LogP contribution in [-0.4, -0.2) is 29.2 Å². The minimum atomic E-state index is -1.24. The van der Waals surface area contributed by atoms with E-state index < -0.39 is 14.5 Å². The Labute approximate surface area is 147 Å². The Bertz CT molecular complexity index is 600. The van der Waals surface area contributed by atoms with Gasteiger partial charge in [0.1, 0.15) is 5.75 Å². The van der Waals surface area contributed by atoms with Crippen molar-refractivity contribution in [2.45, 2.75) is 58.2 Å². The van der Waals surface area contributed by atoms with Gasteiger partial charge in [-0.15, -0.1) is 0 Å². The molecule has 0 radical (unpaired) electrons. The van der Waals surface area contributed by atoms with Gasteiger partial charge < -0.3 is 13.9 Å². The van der Waals surface area contributed by atoms with Crippen molar-refractivity contribution in [1.29, 1.82) is 0 Å². The SMILES string of the molecule is COC(=O)C1(c2ccc(OC)c(C(O[SiH](C)C)C(C)(C)C)c2)CC1. The molecule has 0 amide bonds. The maximum Gasteiger partial charge on any atom is 0.316 e. The Hall–Kier alpha value is -1.33. The lowest BCUT2D eigenvalue weighted by molar-refractivity contribution is -0.143. The number of hydrogen-bond acceptors (Lipinski definition) is 4. The Morgan fingerprint density at radius 2 is 1.83 bits per heavy atom. The summed E-state index contributed by atoms with van der Waals surface area (Å²) >= 11 is 0. The maximum atomic E-state index is 12.2. The average Bonchev–Trinajstić information content (AvgIpc) is 3.31. The monoisotopic (exact) mass is 350 g/mol. The molecule has 1 atom stereocenters. The third kappa shape index (κ3) is 3.67. The summed E-state index contributed by atoms with van der Waals surface area (Å²) in [5.74, 6) is 0.666. The predicted octanol–water partition coefficient (Wildman–Crippen LogP) is 3.99. The number of rotatable bonds is 6. The Morgan fingerprint density at radius 3 is 2.25 bits per heavy atom. The van der Waals surface area contributed by atoms with Crippen LogP contribution in [-0.2, 0) is 19.4 Å². The number of benzene rings is 1. The van der Waals surface area contributed by atoms with Crippen LogP contribution in [0, 0.1) is 5.41 Å². The first-order valence-corrected chi connectivity index (χ1v) is 11.4. The zero-order valence-corrected chi connectivity index (χ0v) is 17.1. The van der Waals surface area contributed by atoms with Gasteiger partial charge in [-0.1, -0.05) is 26.8 Å². The average molecular weight is 351 g/mol. The smallest absolute Gasteiger partial charge is 0.316 e. The summed E-state index contributed by atoms with van der Waals surface area (Å²) in [4.78, 5) is 12.2. The van der Waals surface area contributed by atoms with E-state index in [2.05, 4.69) is 39.9 Å². The van der Waals surface area contributed by atoms with Gasteiger partial charge in [0.05, 0.1) is 25.7 Å². The highest BCUT2D eigenvalue weighted by Crippen LogP contribution is 2.51. The summed E-state index contributed by atoms with van der Waals surface area (Å²) < 4.78 is 17.0. The van der Waals surface area contributed by atoms with Gasteiger partial charge in [0.15, 0.2) is 9.04 Å². The maximum absolute atomic E-state index is 12.2. The minimum absolute atomic E-state index is 0.0625. The molecular weight excluding hydrogens is 320 g/mol. The van der Waals surface area contributed by atoms with E-state index >= 15 is 0 Å². The fraction of sp³-hybridized carbons (Fsp3) is 0.632. The molecule has 1 fully saturated rings. The summed E-state index contributed by atoms with van der Waals surface area (Å²) in [5.41, 5.74) is 1.49. The van der Waals surface area contributed by atoms with Gasteiger partial charge >= 0.3 is 5.97 Å². The summed E-state index contributed by atoms with van der Waals surface area (Å²) in [7, 11) is 1.89. The van der Waals surface area contributed by atoms with Crippen molar-refractivity contribution in [2.75, 3.05) is 14.2 Å². The second-order valence-electron chi connectivity index (χ2n) is 7.96. The van der Waals surface area contributed by atoms with Crippen molar-refractivity contribution in [3.63, 3.8) is 0 Å². The quantitative estimate of drug-likeness (QED) is 0.575. The van der Waals surface area contributed by atoms with Gasteiger partial charge in [-0.2, -0.15) is 0 Å². The van der Waals surface area contributed by atoms with E-state index in [1.807, 2.05) is 12.1 Å². The van der Waals surface area contributed by atoms with Crippen LogP contribution in [0.15, 0.2) is 18.2 Å². The topological polar surface area (TPSA) is 44.8 Å². The molecule has 0 aliphatic heterocycles. The zero-order valence-electron chi connectivity index (χ0n) is 15.9. The molecule has 1 unspecified atom stereocenters. The lowest BCUT2D eigenvalue weighted by atomic mass is 9.82. The molecular formula is C19H30O4Si. The van der Waals surface area contributed by atoms with Crippen molar-refractivity contribution in [2.24, 2.45) is 5.41 Å². The summed E-state index contributed by atoms with van der Waals surface area (Å²) in [6, 6.07) is 6.03. The molecule has 2 rings (SSSR count). The number of esters is 1. The number of hydrogen-bond donors (Lipinski definition) is 0. The molecule has 0 bridgehead atoms. The molecule has 0 saturated heterocycles. The van der Waals surface area contributed by atoms with Crippen LogP contribution in [0.2, 0.25) is 13.1 Å². The van der Waals surface area contributed by atoms with Gasteiger partial charge in [-0.05, 0) is 49.0 Å². The highest BCUT2D eigenvalue weighted by molar-refractivity contribution is 6.48. The molecule has 1 aliphatic rings. The van der Waals surface area contributed by atoms with Crippen LogP contribution < -0.4 is 4.74 Å². The molecule has 134 valence electrons. The van der Waals surface area contributed by atoms with Gasteiger partial charge in [-0.25, -0.2) is 0 Å². The largest absolute Gasteiger partial charge is 0.496 e. The van der Waals surface area contributed by atoms with Crippen molar-refractivity contribution in [1.82, 2.24) is 0 Å². The number of methoxy groups -OCH3 is 2. The van der Waals surface area contributed by atoms with E-state index in [0.29, 0.717) is 0 Å². The fourth-order valence-electron chi connectivity index (χ4n) is 3.18. The molecule has 1 saturated carbocycles. The molecule has 0 aromatic heterocycles. The van der Waals surface area contributed by atoms with Gasteiger partial charge in [0, 0.05) is 5.56 Å². The first kappa shape index (κ1) is 19.0. The molecule has 24 heavy (non-hydrogen) atoms. The number of carbonyl (C=O) groups excluding carboxylic acids is 1. The van der Waals surface area contributed by atoms with E-state index in [4.69, 9.17) is 13.9 Å². The fourth-order valence-corrected chi connectivity index (χ4v) is 4.28. The van der Waals surface area contributed by atoms with E-state index in [0.717, 1.165) is 29.7 Å². The molecule has 1 aliphatic carbocycles. The second-order valence-corrected chi connectivity index (χ2v) is 10.3. The Morgan fingerprint density at radius 1 is 1.21 bits per heavy atom. The molecule has 0 N–H and O–H groups in total. The molecule has 0 heterocycles. The van der Waals surface area contributed by atoms with Crippen LogP contribution in [0.4, 0.5) is 0 Å². The van der Waals surface area contributed by atoms with E-state index in [1.165, 1.54) is 7.11 Å². The standard InChI is InChI=1S/C19H30O4Si/c1-18(2,3)16(23-24(6)7)14-12-13(8-9-15(14)21-4)19(10-11-19)17(20)22-5/h8-9,12,16,24H,10-11H2,1-7H3. The Balaban J connectivity index is 2.51. The molecule has 5 heteroatoms. The van der Waals surface area contributed by atoms with Crippen molar-refractivity contribution >= 4 is 15.0 Å². The number of carbonyl (C=O) groups is 1. The normalized spacial score (nSPS) is 17.5. The summed E-state index contributed by atoms with van der Waals surface area (Å²) in [6.07, 6.45) is 1.61. The minimum Gasteiger partial charge on any atom is -0.496 e. The molecule has 1 aromatic rings. The van der Waals surface area contributed by atoms with Gasteiger partial charge in [-0.3, -0.25) is 4.79 Å². The highest BCUT2D eigenvalue weighted by atomic mass is 28.3. The third-order valence-corrected chi connectivity index (χ3v) is 5.40. The van der Waals surface area contributed by atoms with Crippen LogP contribution in [0.1, 0.15) is 50.8 Å².